The van der Waals surface area contributed by atoms with Crippen molar-refractivity contribution in [3.8, 4) is 17.2 Å². The molecule has 1 aromatic heterocycles. The standard InChI is InChI=1S/C29H42O5/c1-5-6-7-8-9-10-11-12-20-33-28-24-17-14-18-25(27(24)34-29(31)26(28)30)32-21-19-23(4)16-13-15-22(2)3/h14-15,17-19,30H,5-13,16,20-21H2,1-4H3. The summed E-state index contributed by atoms with van der Waals surface area (Å²) in [6.45, 7) is 9.32. The fraction of sp³-hybridized carbons (Fsp3) is 0.552. The summed E-state index contributed by atoms with van der Waals surface area (Å²) >= 11 is 0. The first-order valence-electron chi connectivity index (χ1n) is 12.8. The Kier molecular flexibility index (Phi) is 12.4. The van der Waals surface area contributed by atoms with Crippen molar-refractivity contribution in [1.82, 2.24) is 0 Å². The highest BCUT2D eigenvalue weighted by Gasteiger charge is 2.18. The molecule has 5 heteroatoms. The second-order valence-corrected chi connectivity index (χ2v) is 9.21. The average Bonchev–Trinajstić information content (AvgIpc) is 2.80. The Hall–Kier alpha value is -2.69. The summed E-state index contributed by atoms with van der Waals surface area (Å²) in [4.78, 5) is 12.3. The molecule has 0 aliphatic heterocycles. The van der Waals surface area contributed by atoms with Crippen molar-refractivity contribution in [3.05, 3.63) is 51.9 Å². The van der Waals surface area contributed by atoms with Crippen molar-refractivity contribution in [2.24, 2.45) is 0 Å². The molecule has 1 heterocycles. The summed E-state index contributed by atoms with van der Waals surface area (Å²) in [6, 6.07) is 5.34. The lowest BCUT2D eigenvalue weighted by molar-refractivity contribution is 0.284. The number of rotatable bonds is 16. The van der Waals surface area contributed by atoms with Gasteiger partial charge in [0, 0.05) is 0 Å². The van der Waals surface area contributed by atoms with Gasteiger partial charge < -0.3 is 19.0 Å². The molecule has 188 valence electrons. The molecular weight excluding hydrogens is 428 g/mol. The van der Waals surface area contributed by atoms with Gasteiger partial charge in [-0.25, -0.2) is 4.79 Å². The van der Waals surface area contributed by atoms with Crippen LogP contribution in [0.2, 0.25) is 0 Å². The van der Waals surface area contributed by atoms with Crippen LogP contribution >= 0.6 is 0 Å². The molecule has 1 aromatic carbocycles. The van der Waals surface area contributed by atoms with E-state index in [9.17, 15) is 9.90 Å². The Balaban J connectivity index is 1.98. The minimum Gasteiger partial charge on any atom is -0.499 e. The first-order valence-corrected chi connectivity index (χ1v) is 12.8. The predicted octanol–water partition coefficient (Wildman–Crippen LogP) is 8.09. The Morgan fingerprint density at radius 1 is 0.971 bits per heavy atom. The molecule has 34 heavy (non-hydrogen) atoms. The molecule has 0 aliphatic carbocycles. The van der Waals surface area contributed by atoms with E-state index in [0.29, 0.717) is 29.9 Å². The SMILES string of the molecule is CCCCCCCCCCOc1c(O)c(=O)oc2c(OCC=C(C)CCC=C(C)C)cccc12. The third-order valence-electron chi connectivity index (χ3n) is 5.83. The minimum atomic E-state index is -0.817. The molecule has 0 fully saturated rings. The highest BCUT2D eigenvalue weighted by Crippen LogP contribution is 2.36. The van der Waals surface area contributed by atoms with E-state index < -0.39 is 11.4 Å². The van der Waals surface area contributed by atoms with Crippen LogP contribution in [0.25, 0.3) is 11.0 Å². The molecule has 0 unspecified atom stereocenters. The van der Waals surface area contributed by atoms with Crippen LogP contribution in [0.3, 0.4) is 0 Å². The van der Waals surface area contributed by atoms with Crippen molar-refractivity contribution in [2.75, 3.05) is 13.2 Å². The van der Waals surface area contributed by atoms with Crippen LogP contribution in [-0.4, -0.2) is 18.3 Å². The lowest BCUT2D eigenvalue weighted by Gasteiger charge is -2.12. The van der Waals surface area contributed by atoms with Gasteiger partial charge in [0.1, 0.15) is 6.61 Å². The molecule has 0 bridgehead atoms. The summed E-state index contributed by atoms with van der Waals surface area (Å²) in [5, 5.41) is 10.8. The maximum absolute atomic E-state index is 12.3. The van der Waals surface area contributed by atoms with Crippen LogP contribution in [0.5, 0.6) is 17.2 Å². The minimum absolute atomic E-state index is 0.174. The summed E-state index contributed by atoms with van der Waals surface area (Å²) < 4.78 is 17.1. The van der Waals surface area contributed by atoms with Crippen molar-refractivity contribution in [1.29, 1.82) is 0 Å². The quantitative estimate of drug-likeness (QED) is 0.152. The van der Waals surface area contributed by atoms with Gasteiger partial charge in [0.05, 0.1) is 12.0 Å². The Morgan fingerprint density at radius 2 is 1.68 bits per heavy atom. The van der Waals surface area contributed by atoms with Gasteiger partial charge in [0.25, 0.3) is 0 Å². The highest BCUT2D eigenvalue weighted by molar-refractivity contribution is 5.89. The van der Waals surface area contributed by atoms with Gasteiger partial charge in [0.2, 0.25) is 5.75 Å². The zero-order valence-corrected chi connectivity index (χ0v) is 21.5. The second-order valence-electron chi connectivity index (χ2n) is 9.21. The van der Waals surface area contributed by atoms with Gasteiger partial charge in [-0.2, -0.15) is 0 Å². The normalized spacial score (nSPS) is 11.6. The molecule has 0 atom stereocenters. The molecule has 0 aliphatic rings. The summed E-state index contributed by atoms with van der Waals surface area (Å²) in [5.74, 6) is 0.146. The number of allylic oxidation sites excluding steroid dienone is 3. The molecule has 0 amide bonds. The Bertz CT molecular complexity index is 995. The Morgan fingerprint density at radius 3 is 2.38 bits per heavy atom. The summed E-state index contributed by atoms with van der Waals surface area (Å²) in [5.41, 5.74) is 2.04. The van der Waals surface area contributed by atoms with E-state index in [0.717, 1.165) is 25.7 Å². The van der Waals surface area contributed by atoms with Crippen LogP contribution < -0.4 is 15.1 Å². The molecule has 0 saturated carbocycles. The average molecular weight is 471 g/mol. The molecule has 0 spiro atoms. The van der Waals surface area contributed by atoms with E-state index in [1.165, 1.54) is 49.7 Å². The van der Waals surface area contributed by atoms with Crippen molar-refractivity contribution in [2.45, 2.75) is 91.9 Å². The number of hydrogen-bond acceptors (Lipinski definition) is 5. The zero-order valence-electron chi connectivity index (χ0n) is 21.5. The molecule has 2 aromatic rings. The number of aromatic hydroxyl groups is 1. The molecule has 5 nitrogen and oxygen atoms in total. The zero-order chi connectivity index (χ0) is 24.8. The molecule has 1 N–H and O–H groups in total. The van der Waals surface area contributed by atoms with E-state index in [2.05, 4.69) is 33.8 Å². The van der Waals surface area contributed by atoms with Gasteiger partial charge in [-0.15, -0.1) is 0 Å². The maximum atomic E-state index is 12.3. The highest BCUT2D eigenvalue weighted by atomic mass is 16.5. The van der Waals surface area contributed by atoms with E-state index in [4.69, 9.17) is 13.9 Å². The van der Waals surface area contributed by atoms with Gasteiger partial charge >= 0.3 is 5.63 Å². The van der Waals surface area contributed by atoms with Crippen molar-refractivity contribution >= 4 is 11.0 Å². The molecule has 0 radical (unpaired) electrons. The van der Waals surface area contributed by atoms with Crippen molar-refractivity contribution in [3.63, 3.8) is 0 Å². The number of fused-ring (bicyclic) bond motifs is 1. The number of ether oxygens (including phenoxy) is 2. The fourth-order valence-corrected chi connectivity index (χ4v) is 3.80. The largest absolute Gasteiger partial charge is 0.499 e. The van der Waals surface area contributed by atoms with Crippen molar-refractivity contribution < 1.29 is 19.0 Å². The van der Waals surface area contributed by atoms with Gasteiger partial charge in [0.15, 0.2) is 17.1 Å². The number of unbranched alkanes of at least 4 members (excludes halogenated alkanes) is 7. The summed E-state index contributed by atoms with van der Waals surface area (Å²) in [6.07, 6.45) is 15.8. The van der Waals surface area contributed by atoms with E-state index in [1.54, 1.807) is 12.1 Å². The fourth-order valence-electron chi connectivity index (χ4n) is 3.80. The van der Waals surface area contributed by atoms with Crippen LogP contribution in [0.4, 0.5) is 0 Å². The predicted molar refractivity (Wildman–Crippen MR) is 140 cm³/mol. The molecule has 2 rings (SSSR count). The van der Waals surface area contributed by atoms with Crippen LogP contribution in [0.1, 0.15) is 91.9 Å². The first-order chi connectivity index (χ1) is 16.4. The van der Waals surface area contributed by atoms with Gasteiger partial charge in [-0.1, -0.05) is 75.2 Å². The van der Waals surface area contributed by atoms with Crippen LogP contribution in [0.15, 0.2) is 50.7 Å². The number of para-hydroxylation sites is 1. The topological polar surface area (TPSA) is 68.9 Å². The third kappa shape index (κ3) is 9.28. The number of benzene rings is 1. The first kappa shape index (κ1) is 27.6. The monoisotopic (exact) mass is 470 g/mol. The van der Waals surface area contributed by atoms with E-state index >= 15 is 0 Å². The smallest absolute Gasteiger partial charge is 0.382 e. The summed E-state index contributed by atoms with van der Waals surface area (Å²) in [7, 11) is 0. The van der Waals surface area contributed by atoms with Crippen LogP contribution in [0, 0.1) is 0 Å². The molecular formula is C29H42O5. The Labute approximate surface area is 204 Å². The van der Waals surface area contributed by atoms with Gasteiger partial charge in [-0.3, -0.25) is 0 Å². The lowest BCUT2D eigenvalue weighted by Crippen LogP contribution is -2.06. The van der Waals surface area contributed by atoms with E-state index in [-0.39, 0.29) is 5.75 Å². The second kappa shape index (κ2) is 15.3. The number of hydrogen-bond donors (Lipinski definition) is 1. The molecule has 0 saturated heterocycles. The maximum Gasteiger partial charge on any atom is 0.382 e. The lowest BCUT2D eigenvalue weighted by atomic mass is 10.1. The van der Waals surface area contributed by atoms with E-state index in [1.807, 2.05) is 12.1 Å². The van der Waals surface area contributed by atoms with Gasteiger partial charge in [-0.05, 0) is 58.2 Å². The van der Waals surface area contributed by atoms with Crippen LogP contribution in [-0.2, 0) is 0 Å². The third-order valence-corrected chi connectivity index (χ3v) is 5.83.